The molecule has 0 bridgehead atoms. The highest BCUT2D eigenvalue weighted by molar-refractivity contribution is 5.96. The molecule has 1 atom stereocenters. The summed E-state index contributed by atoms with van der Waals surface area (Å²) in [6, 6.07) is 9.41. The quantitative estimate of drug-likeness (QED) is 0.813. The lowest BCUT2D eigenvalue weighted by Gasteiger charge is -2.27. The number of aryl methyl sites for hydroxylation is 1. The monoisotopic (exact) mass is 372 g/mol. The molecule has 0 aliphatic carbocycles. The van der Waals surface area contributed by atoms with Crippen LogP contribution in [0.5, 0.6) is 5.75 Å². The molecule has 27 heavy (non-hydrogen) atoms. The normalized spacial score (nSPS) is 19.1. The molecule has 1 fully saturated rings. The van der Waals surface area contributed by atoms with E-state index in [1.54, 1.807) is 7.11 Å². The Hall–Kier alpha value is -2.80. The second-order valence-corrected chi connectivity index (χ2v) is 6.93. The van der Waals surface area contributed by atoms with Crippen LogP contribution >= 0.6 is 0 Å². The fourth-order valence-electron chi connectivity index (χ4n) is 3.61. The molecular formula is C20H24N2O5. The van der Waals surface area contributed by atoms with Gasteiger partial charge in [-0.25, -0.2) is 0 Å². The molecule has 1 aromatic heterocycles. The number of amides is 1. The second-order valence-electron chi connectivity index (χ2n) is 6.93. The highest BCUT2D eigenvalue weighted by Crippen LogP contribution is 2.26. The zero-order valence-corrected chi connectivity index (χ0v) is 15.7. The summed E-state index contributed by atoms with van der Waals surface area (Å²) in [5, 5.41) is 12.1. The maximum absolute atomic E-state index is 12.9. The van der Waals surface area contributed by atoms with Crippen molar-refractivity contribution in [3.8, 4) is 11.4 Å². The van der Waals surface area contributed by atoms with E-state index in [1.807, 2.05) is 48.7 Å². The summed E-state index contributed by atoms with van der Waals surface area (Å²) in [6.07, 6.45) is 0.332. The lowest BCUT2D eigenvalue weighted by Crippen LogP contribution is -2.50. The predicted octanol–water partition coefficient (Wildman–Crippen LogP) is 2.47. The number of carboxylic acid groups (broad SMARTS) is 1. The first-order valence-corrected chi connectivity index (χ1v) is 8.81. The van der Waals surface area contributed by atoms with Gasteiger partial charge in [0.1, 0.15) is 5.75 Å². The standard InChI is InChI=1S/C20H24N2O5/c1-13-10-17(14(2)22(13)15-4-6-16(26-3)7-5-15)19(25)21-20(11-18(23)24)8-9-27-12-20/h4-7,10H,8-9,11-12H2,1-3H3,(H,21,25)(H,23,24). The summed E-state index contributed by atoms with van der Waals surface area (Å²) in [6.45, 7) is 4.46. The summed E-state index contributed by atoms with van der Waals surface area (Å²) in [7, 11) is 1.61. The van der Waals surface area contributed by atoms with Gasteiger partial charge in [0.25, 0.3) is 5.91 Å². The average Bonchev–Trinajstić information content (AvgIpc) is 3.18. The smallest absolute Gasteiger partial charge is 0.305 e. The number of hydrogen-bond acceptors (Lipinski definition) is 4. The minimum atomic E-state index is -0.954. The number of hydrogen-bond donors (Lipinski definition) is 2. The molecule has 1 aliphatic rings. The van der Waals surface area contributed by atoms with E-state index in [-0.39, 0.29) is 18.9 Å². The maximum atomic E-state index is 12.9. The SMILES string of the molecule is COc1ccc(-n2c(C)cc(C(=O)NC3(CC(=O)O)CCOC3)c2C)cc1. The molecule has 2 N–H and O–H groups in total. The van der Waals surface area contributed by atoms with E-state index in [4.69, 9.17) is 9.47 Å². The van der Waals surface area contributed by atoms with Gasteiger partial charge in [-0.1, -0.05) is 0 Å². The van der Waals surface area contributed by atoms with Gasteiger partial charge < -0.3 is 24.5 Å². The van der Waals surface area contributed by atoms with Gasteiger partial charge in [0.2, 0.25) is 0 Å². The van der Waals surface area contributed by atoms with E-state index in [9.17, 15) is 14.7 Å². The van der Waals surface area contributed by atoms with Crippen molar-refractivity contribution < 1.29 is 24.2 Å². The first kappa shape index (κ1) is 19.0. The van der Waals surface area contributed by atoms with E-state index in [0.29, 0.717) is 18.6 Å². The third-order valence-corrected chi connectivity index (χ3v) is 4.98. The van der Waals surface area contributed by atoms with Gasteiger partial charge in [0.05, 0.1) is 31.2 Å². The number of aliphatic carboxylic acids is 1. The minimum absolute atomic E-state index is 0.157. The van der Waals surface area contributed by atoms with E-state index < -0.39 is 11.5 Å². The second kappa shape index (κ2) is 7.44. The molecule has 2 heterocycles. The van der Waals surface area contributed by atoms with Gasteiger partial charge >= 0.3 is 5.97 Å². The molecule has 3 rings (SSSR count). The number of carbonyl (C=O) groups excluding carboxylic acids is 1. The van der Waals surface area contributed by atoms with Crippen LogP contribution in [0.25, 0.3) is 5.69 Å². The zero-order valence-electron chi connectivity index (χ0n) is 15.7. The van der Waals surface area contributed by atoms with Gasteiger partial charge in [0.15, 0.2) is 0 Å². The van der Waals surface area contributed by atoms with Crippen molar-refractivity contribution in [3.05, 3.63) is 47.3 Å². The van der Waals surface area contributed by atoms with Gasteiger partial charge in [-0.2, -0.15) is 0 Å². The Morgan fingerprint density at radius 2 is 2.00 bits per heavy atom. The van der Waals surface area contributed by atoms with Gasteiger partial charge in [-0.05, 0) is 50.6 Å². The van der Waals surface area contributed by atoms with Crippen molar-refractivity contribution >= 4 is 11.9 Å². The van der Waals surface area contributed by atoms with Crippen molar-refractivity contribution in [1.82, 2.24) is 9.88 Å². The number of benzene rings is 1. The Bertz CT molecular complexity index is 848. The van der Waals surface area contributed by atoms with Crippen LogP contribution < -0.4 is 10.1 Å². The molecule has 7 heteroatoms. The number of carbonyl (C=O) groups is 2. The predicted molar refractivity (Wildman–Crippen MR) is 99.7 cm³/mol. The van der Waals surface area contributed by atoms with Crippen LogP contribution in [0.15, 0.2) is 30.3 Å². The topological polar surface area (TPSA) is 89.8 Å². The summed E-state index contributed by atoms with van der Waals surface area (Å²) >= 11 is 0. The van der Waals surface area contributed by atoms with E-state index >= 15 is 0 Å². The maximum Gasteiger partial charge on any atom is 0.305 e. The first-order valence-electron chi connectivity index (χ1n) is 8.81. The van der Waals surface area contributed by atoms with Crippen LogP contribution in [-0.4, -0.2) is 47.4 Å². The van der Waals surface area contributed by atoms with Crippen LogP contribution in [0.4, 0.5) is 0 Å². The fourth-order valence-corrected chi connectivity index (χ4v) is 3.61. The van der Waals surface area contributed by atoms with Crippen molar-refractivity contribution in [2.24, 2.45) is 0 Å². The van der Waals surface area contributed by atoms with Crippen LogP contribution in [0.3, 0.4) is 0 Å². The van der Waals surface area contributed by atoms with Crippen LogP contribution in [-0.2, 0) is 9.53 Å². The molecule has 1 amide bonds. The highest BCUT2D eigenvalue weighted by Gasteiger charge is 2.39. The lowest BCUT2D eigenvalue weighted by molar-refractivity contribution is -0.138. The van der Waals surface area contributed by atoms with Crippen molar-refractivity contribution in [3.63, 3.8) is 0 Å². The molecule has 0 saturated carbocycles. The minimum Gasteiger partial charge on any atom is -0.497 e. The van der Waals surface area contributed by atoms with Crippen molar-refractivity contribution in [2.45, 2.75) is 32.2 Å². The molecule has 144 valence electrons. The Morgan fingerprint density at radius 1 is 1.30 bits per heavy atom. The Balaban J connectivity index is 1.88. The summed E-state index contributed by atoms with van der Waals surface area (Å²) in [5.41, 5.74) is 2.30. The molecule has 2 aromatic rings. The van der Waals surface area contributed by atoms with Crippen molar-refractivity contribution in [2.75, 3.05) is 20.3 Å². The Morgan fingerprint density at radius 3 is 2.56 bits per heavy atom. The van der Waals surface area contributed by atoms with E-state index in [1.165, 1.54) is 0 Å². The number of nitrogens with one attached hydrogen (secondary N) is 1. The van der Waals surface area contributed by atoms with Gasteiger partial charge in [0, 0.05) is 23.7 Å². The number of rotatable bonds is 6. The van der Waals surface area contributed by atoms with E-state index in [2.05, 4.69) is 5.32 Å². The number of ether oxygens (including phenoxy) is 2. The van der Waals surface area contributed by atoms with Crippen LogP contribution in [0.2, 0.25) is 0 Å². The number of nitrogens with zero attached hydrogens (tertiary/aromatic N) is 1. The molecule has 1 saturated heterocycles. The summed E-state index contributed by atoms with van der Waals surface area (Å²) < 4.78 is 12.5. The third-order valence-electron chi connectivity index (χ3n) is 4.98. The fraction of sp³-hybridized carbons (Fsp3) is 0.400. The number of carboxylic acids is 1. The van der Waals surface area contributed by atoms with E-state index in [0.717, 1.165) is 22.8 Å². The Kier molecular flexibility index (Phi) is 5.23. The number of methoxy groups -OCH3 is 1. The van der Waals surface area contributed by atoms with Crippen LogP contribution in [0.1, 0.15) is 34.6 Å². The van der Waals surface area contributed by atoms with Crippen LogP contribution in [0, 0.1) is 13.8 Å². The zero-order chi connectivity index (χ0) is 19.6. The molecule has 1 unspecified atom stereocenters. The number of aromatic nitrogens is 1. The summed E-state index contributed by atoms with van der Waals surface area (Å²) in [4.78, 5) is 24.1. The average molecular weight is 372 g/mol. The molecule has 0 spiro atoms. The Labute approximate surface area is 157 Å². The highest BCUT2D eigenvalue weighted by atomic mass is 16.5. The van der Waals surface area contributed by atoms with Gasteiger partial charge in [-0.3, -0.25) is 9.59 Å². The van der Waals surface area contributed by atoms with Gasteiger partial charge in [-0.15, -0.1) is 0 Å². The molecular weight excluding hydrogens is 348 g/mol. The third kappa shape index (κ3) is 3.83. The molecule has 1 aliphatic heterocycles. The molecule has 0 radical (unpaired) electrons. The molecule has 7 nitrogen and oxygen atoms in total. The summed E-state index contributed by atoms with van der Waals surface area (Å²) in [5.74, 6) is -0.477. The molecule has 1 aromatic carbocycles. The lowest BCUT2D eigenvalue weighted by atomic mass is 9.93. The van der Waals surface area contributed by atoms with Crippen molar-refractivity contribution in [1.29, 1.82) is 0 Å². The first-order chi connectivity index (χ1) is 12.8. The largest absolute Gasteiger partial charge is 0.497 e.